The van der Waals surface area contributed by atoms with E-state index in [1.165, 1.54) is 6.20 Å². The van der Waals surface area contributed by atoms with Gasteiger partial charge in [-0.05, 0) is 24.3 Å². The topological polar surface area (TPSA) is 104 Å². The standard InChI is InChI=1S/C16H14N4O3/c17-14-15-12(7-4-9-18-15)19-13(16(14)20(21)22)8-10-23-11-5-2-1-3-6-11/h1-7,9H,8,10H2,(H2,17,19). The molecule has 1 aromatic carbocycles. The van der Waals surface area contributed by atoms with E-state index in [0.717, 1.165) is 0 Å². The summed E-state index contributed by atoms with van der Waals surface area (Å²) >= 11 is 0. The average molecular weight is 310 g/mol. The van der Waals surface area contributed by atoms with Gasteiger partial charge in [0.25, 0.3) is 0 Å². The Balaban J connectivity index is 1.90. The summed E-state index contributed by atoms with van der Waals surface area (Å²) in [6.07, 6.45) is 1.81. The van der Waals surface area contributed by atoms with Crippen molar-refractivity contribution in [2.75, 3.05) is 12.3 Å². The highest BCUT2D eigenvalue weighted by Gasteiger charge is 2.23. The quantitative estimate of drug-likeness (QED) is 0.574. The third-order valence-electron chi connectivity index (χ3n) is 3.36. The van der Waals surface area contributed by atoms with E-state index in [1.807, 2.05) is 30.3 Å². The van der Waals surface area contributed by atoms with Gasteiger partial charge in [0, 0.05) is 12.6 Å². The van der Waals surface area contributed by atoms with Gasteiger partial charge < -0.3 is 10.5 Å². The van der Waals surface area contributed by atoms with Crippen molar-refractivity contribution in [2.24, 2.45) is 0 Å². The van der Waals surface area contributed by atoms with E-state index in [1.54, 1.807) is 12.1 Å². The Labute approximate surface area is 131 Å². The van der Waals surface area contributed by atoms with Crippen LogP contribution in [0.3, 0.4) is 0 Å². The molecule has 0 spiro atoms. The maximum absolute atomic E-state index is 11.3. The maximum atomic E-state index is 11.3. The summed E-state index contributed by atoms with van der Waals surface area (Å²) in [4.78, 5) is 19.2. The van der Waals surface area contributed by atoms with Crippen LogP contribution in [0.1, 0.15) is 5.69 Å². The summed E-state index contributed by atoms with van der Waals surface area (Å²) in [7, 11) is 0. The predicted octanol–water partition coefficient (Wildman–Crippen LogP) is 2.74. The normalized spacial score (nSPS) is 10.6. The van der Waals surface area contributed by atoms with Crippen LogP contribution in [0.4, 0.5) is 11.4 Å². The van der Waals surface area contributed by atoms with E-state index < -0.39 is 4.92 Å². The van der Waals surface area contributed by atoms with E-state index >= 15 is 0 Å². The van der Waals surface area contributed by atoms with Gasteiger partial charge >= 0.3 is 5.69 Å². The van der Waals surface area contributed by atoms with Crippen LogP contribution in [0.5, 0.6) is 5.75 Å². The monoisotopic (exact) mass is 310 g/mol. The lowest BCUT2D eigenvalue weighted by Crippen LogP contribution is -2.09. The lowest BCUT2D eigenvalue weighted by Gasteiger charge is -2.09. The minimum absolute atomic E-state index is 0.0373. The molecule has 0 bridgehead atoms. The Hall–Kier alpha value is -3.22. The number of anilines is 1. The van der Waals surface area contributed by atoms with Gasteiger partial charge in [-0.2, -0.15) is 0 Å². The summed E-state index contributed by atoms with van der Waals surface area (Å²) in [6.45, 7) is 0.267. The maximum Gasteiger partial charge on any atom is 0.315 e. The molecule has 3 rings (SSSR count). The molecule has 0 radical (unpaired) electrons. The summed E-state index contributed by atoms with van der Waals surface area (Å²) in [5.74, 6) is 0.700. The van der Waals surface area contributed by atoms with Crippen LogP contribution >= 0.6 is 0 Å². The minimum Gasteiger partial charge on any atom is -0.493 e. The summed E-state index contributed by atoms with van der Waals surface area (Å²) in [5, 5.41) is 11.3. The fourth-order valence-electron chi connectivity index (χ4n) is 2.32. The van der Waals surface area contributed by atoms with Crippen molar-refractivity contribution in [3.63, 3.8) is 0 Å². The van der Waals surface area contributed by atoms with Crippen LogP contribution < -0.4 is 10.5 Å². The van der Waals surface area contributed by atoms with Crippen LogP contribution in [0.25, 0.3) is 11.0 Å². The van der Waals surface area contributed by atoms with E-state index in [-0.39, 0.29) is 24.4 Å². The first-order valence-electron chi connectivity index (χ1n) is 7.02. The van der Waals surface area contributed by atoms with Gasteiger partial charge in [0.1, 0.15) is 22.6 Å². The van der Waals surface area contributed by atoms with Gasteiger partial charge in [-0.1, -0.05) is 18.2 Å². The number of benzene rings is 1. The minimum atomic E-state index is -0.520. The number of fused-ring (bicyclic) bond motifs is 1. The van der Waals surface area contributed by atoms with Crippen molar-refractivity contribution in [3.05, 3.63) is 64.5 Å². The Morgan fingerprint density at radius 2 is 1.96 bits per heavy atom. The SMILES string of the molecule is Nc1c([N+](=O)[O-])c(CCOc2ccccc2)nc2cccnc12. The molecule has 0 atom stereocenters. The van der Waals surface area contributed by atoms with Crippen LogP contribution in [0.15, 0.2) is 48.7 Å². The lowest BCUT2D eigenvalue weighted by atomic mass is 10.1. The van der Waals surface area contributed by atoms with Crippen LogP contribution in [-0.4, -0.2) is 21.5 Å². The molecule has 0 aliphatic rings. The fraction of sp³-hybridized carbons (Fsp3) is 0.125. The highest BCUT2D eigenvalue weighted by Crippen LogP contribution is 2.31. The van der Waals surface area contributed by atoms with E-state index in [9.17, 15) is 10.1 Å². The molecule has 116 valence electrons. The Morgan fingerprint density at radius 3 is 2.70 bits per heavy atom. The molecule has 23 heavy (non-hydrogen) atoms. The lowest BCUT2D eigenvalue weighted by molar-refractivity contribution is -0.384. The number of hydrogen-bond donors (Lipinski definition) is 1. The molecule has 0 amide bonds. The molecule has 0 saturated carbocycles. The third kappa shape index (κ3) is 3.03. The number of rotatable bonds is 5. The molecule has 2 N–H and O–H groups in total. The van der Waals surface area contributed by atoms with Gasteiger partial charge in [0.05, 0.1) is 17.0 Å². The number of para-hydroxylation sites is 1. The molecule has 0 aliphatic heterocycles. The van der Waals surface area contributed by atoms with Gasteiger partial charge in [-0.15, -0.1) is 0 Å². The molecule has 7 nitrogen and oxygen atoms in total. The van der Waals surface area contributed by atoms with Crippen molar-refractivity contribution < 1.29 is 9.66 Å². The Morgan fingerprint density at radius 1 is 1.17 bits per heavy atom. The second kappa shape index (κ2) is 6.27. The molecule has 3 aromatic rings. The molecular formula is C16H14N4O3. The zero-order valence-corrected chi connectivity index (χ0v) is 12.2. The first-order chi connectivity index (χ1) is 11.2. The molecule has 0 fully saturated rings. The van der Waals surface area contributed by atoms with Crippen LogP contribution in [0.2, 0.25) is 0 Å². The number of nitro groups is 1. The summed E-state index contributed by atoms with van der Waals surface area (Å²) in [5.41, 5.74) is 6.92. The molecule has 2 heterocycles. The molecule has 0 saturated heterocycles. The second-order valence-electron chi connectivity index (χ2n) is 4.86. The first-order valence-corrected chi connectivity index (χ1v) is 7.02. The molecule has 0 aliphatic carbocycles. The number of ether oxygens (including phenoxy) is 1. The number of nitrogen functional groups attached to an aromatic ring is 1. The fourth-order valence-corrected chi connectivity index (χ4v) is 2.32. The predicted molar refractivity (Wildman–Crippen MR) is 86.2 cm³/mol. The van der Waals surface area contributed by atoms with Crippen molar-refractivity contribution in [2.45, 2.75) is 6.42 Å². The number of nitrogens with zero attached hydrogens (tertiary/aromatic N) is 3. The van der Waals surface area contributed by atoms with Crippen molar-refractivity contribution in [1.82, 2.24) is 9.97 Å². The largest absolute Gasteiger partial charge is 0.493 e. The smallest absolute Gasteiger partial charge is 0.315 e. The van der Waals surface area contributed by atoms with E-state index in [2.05, 4.69) is 9.97 Å². The highest BCUT2D eigenvalue weighted by atomic mass is 16.6. The molecule has 0 unspecified atom stereocenters. The number of aromatic nitrogens is 2. The molecule has 7 heteroatoms. The third-order valence-corrected chi connectivity index (χ3v) is 3.36. The number of pyridine rings is 2. The summed E-state index contributed by atoms with van der Waals surface area (Å²) in [6, 6.07) is 12.7. The van der Waals surface area contributed by atoms with Crippen LogP contribution in [-0.2, 0) is 6.42 Å². The van der Waals surface area contributed by atoms with Crippen LogP contribution in [0, 0.1) is 10.1 Å². The zero-order chi connectivity index (χ0) is 16.2. The Kier molecular flexibility index (Phi) is 4.01. The zero-order valence-electron chi connectivity index (χ0n) is 12.2. The Bertz CT molecular complexity index is 853. The highest BCUT2D eigenvalue weighted by molar-refractivity contribution is 5.91. The van der Waals surface area contributed by atoms with Crippen molar-refractivity contribution in [1.29, 1.82) is 0 Å². The molecular weight excluding hydrogens is 296 g/mol. The first kappa shape index (κ1) is 14.7. The van der Waals surface area contributed by atoms with Gasteiger partial charge in [-0.3, -0.25) is 15.1 Å². The van der Waals surface area contributed by atoms with Gasteiger partial charge in [0.15, 0.2) is 0 Å². The van der Waals surface area contributed by atoms with Crippen molar-refractivity contribution in [3.8, 4) is 5.75 Å². The molecule has 2 aromatic heterocycles. The van der Waals surface area contributed by atoms with Gasteiger partial charge in [0.2, 0.25) is 0 Å². The van der Waals surface area contributed by atoms with E-state index in [0.29, 0.717) is 22.5 Å². The average Bonchev–Trinajstić information content (AvgIpc) is 2.55. The number of hydrogen-bond acceptors (Lipinski definition) is 6. The van der Waals surface area contributed by atoms with E-state index in [4.69, 9.17) is 10.5 Å². The van der Waals surface area contributed by atoms with Crippen molar-refractivity contribution >= 4 is 22.4 Å². The second-order valence-corrected chi connectivity index (χ2v) is 4.86. The number of nitrogens with two attached hydrogens (primary N) is 1. The van der Waals surface area contributed by atoms with Gasteiger partial charge in [-0.25, -0.2) is 4.98 Å². The summed E-state index contributed by atoms with van der Waals surface area (Å²) < 4.78 is 5.58.